The zero-order valence-electron chi connectivity index (χ0n) is 14.3. The summed E-state index contributed by atoms with van der Waals surface area (Å²) in [6.45, 7) is 4.46. The Morgan fingerprint density at radius 2 is 1.83 bits per heavy atom. The van der Waals surface area contributed by atoms with E-state index >= 15 is 0 Å². The van der Waals surface area contributed by atoms with Crippen molar-refractivity contribution in [3.8, 4) is 0 Å². The fourth-order valence-electron chi connectivity index (χ4n) is 3.22. The van der Waals surface area contributed by atoms with E-state index in [-0.39, 0.29) is 6.04 Å². The van der Waals surface area contributed by atoms with Crippen LogP contribution in [-0.4, -0.2) is 12.3 Å². The Kier molecular flexibility index (Phi) is 4.95. The number of nitrogens with zero attached hydrogens (tertiary/aromatic N) is 1. The van der Waals surface area contributed by atoms with E-state index < -0.39 is 0 Å². The van der Waals surface area contributed by atoms with Gasteiger partial charge in [-0.1, -0.05) is 74.5 Å². The van der Waals surface area contributed by atoms with Crippen molar-refractivity contribution in [2.24, 2.45) is 0 Å². The molecular weight excluding hydrogens is 292 g/mol. The molecule has 1 atom stereocenters. The highest BCUT2D eigenvalue weighted by Gasteiger charge is 2.21. The van der Waals surface area contributed by atoms with E-state index in [2.05, 4.69) is 79.6 Å². The van der Waals surface area contributed by atoms with E-state index in [4.69, 9.17) is 5.41 Å². The molecule has 3 rings (SSSR count). The quantitative estimate of drug-likeness (QED) is 0.744. The van der Waals surface area contributed by atoms with Crippen molar-refractivity contribution < 1.29 is 0 Å². The van der Waals surface area contributed by atoms with Gasteiger partial charge >= 0.3 is 0 Å². The third-order valence-electron chi connectivity index (χ3n) is 4.43. The topological polar surface area (TPSA) is 27.1 Å². The van der Waals surface area contributed by atoms with Crippen molar-refractivity contribution in [2.75, 3.05) is 4.90 Å². The molecule has 0 aromatic heterocycles. The number of nitrogens with one attached hydrogen (secondary N) is 1. The molecule has 2 nitrogen and oxygen atoms in total. The smallest absolute Gasteiger partial charge is 0.0867 e. The van der Waals surface area contributed by atoms with E-state index in [9.17, 15) is 0 Å². The lowest BCUT2D eigenvalue weighted by Crippen LogP contribution is -2.33. The molecule has 0 amide bonds. The Balaban J connectivity index is 2.09. The minimum atomic E-state index is -0.0237. The molecule has 2 aromatic carbocycles. The van der Waals surface area contributed by atoms with Gasteiger partial charge in [0.1, 0.15) is 0 Å². The molecule has 2 aromatic rings. The average Bonchev–Trinajstić information content (AvgIpc) is 2.62. The SMILES string of the molecule is CC(C)c1cccc(Cc2ccccc2)c1N1C=CC=CC1C=N. The zero-order chi connectivity index (χ0) is 16.9. The Labute approximate surface area is 144 Å². The molecule has 2 heteroatoms. The van der Waals surface area contributed by atoms with Gasteiger partial charge in [0.25, 0.3) is 0 Å². The second-order valence-corrected chi connectivity index (χ2v) is 6.46. The van der Waals surface area contributed by atoms with Crippen molar-refractivity contribution in [1.82, 2.24) is 0 Å². The van der Waals surface area contributed by atoms with Crippen LogP contribution in [0.2, 0.25) is 0 Å². The molecule has 0 radical (unpaired) electrons. The lowest BCUT2D eigenvalue weighted by Gasteiger charge is -2.32. The molecule has 1 unspecified atom stereocenters. The average molecular weight is 316 g/mol. The fourth-order valence-corrected chi connectivity index (χ4v) is 3.22. The van der Waals surface area contributed by atoms with Gasteiger partial charge in [-0.3, -0.25) is 0 Å². The van der Waals surface area contributed by atoms with Gasteiger partial charge in [0.15, 0.2) is 0 Å². The van der Waals surface area contributed by atoms with E-state index in [1.165, 1.54) is 28.6 Å². The molecule has 1 N–H and O–H groups in total. The minimum Gasteiger partial charge on any atom is -0.336 e. The highest BCUT2D eigenvalue weighted by Crippen LogP contribution is 2.35. The number of para-hydroxylation sites is 1. The molecule has 1 heterocycles. The van der Waals surface area contributed by atoms with Crippen LogP contribution >= 0.6 is 0 Å². The molecule has 0 saturated heterocycles. The molecule has 1 aliphatic heterocycles. The summed E-state index contributed by atoms with van der Waals surface area (Å²) in [5.41, 5.74) is 5.18. The number of hydrogen-bond acceptors (Lipinski definition) is 2. The van der Waals surface area contributed by atoms with Crippen molar-refractivity contribution in [1.29, 1.82) is 5.41 Å². The van der Waals surface area contributed by atoms with E-state index in [1.807, 2.05) is 12.2 Å². The van der Waals surface area contributed by atoms with Crippen LogP contribution in [0.4, 0.5) is 5.69 Å². The zero-order valence-corrected chi connectivity index (χ0v) is 14.3. The molecule has 1 aliphatic rings. The van der Waals surface area contributed by atoms with Crippen LogP contribution < -0.4 is 4.90 Å². The highest BCUT2D eigenvalue weighted by molar-refractivity contribution is 5.76. The predicted octanol–water partition coefficient (Wildman–Crippen LogP) is 5.31. The first-order valence-corrected chi connectivity index (χ1v) is 8.50. The molecule has 0 bridgehead atoms. The maximum Gasteiger partial charge on any atom is 0.0867 e. The van der Waals surface area contributed by atoms with Crippen molar-refractivity contribution in [3.05, 3.63) is 89.6 Å². The molecular formula is C22H24N2. The largest absolute Gasteiger partial charge is 0.336 e. The molecule has 122 valence electrons. The lowest BCUT2D eigenvalue weighted by atomic mass is 9.93. The first-order valence-electron chi connectivity index (χ1n) is 8.50. The standard InChI is InChI=1S/C22H24N2/c1-17(2)21-13-8-11-19(15-18-9-4-3-5-10-18)22(21)24-14-7-6-12-20(24)16-23/h3-14,16-17,20,23H,15H2,1-2H3. The Hall–Kier alpha value is -2.61. The number of allylic oxidation sites excluding steroid dienone is 2. The Bertz CT molecular complexity index is 757. The van der Waals surface area contributed by atoms with Crippen LogP contribution in [0.5, 0.6) is 0 Å². The second kappa shape index (κ2) is 7.31. The van der Waals surface area contributed by atoms with Gasteiger partial charge < -0.3 is 10.3 Å². The highest BCUT2D eigenvalue weighted by atomic mass is 15.2. The Morgan fingerprint density at radius 1 is 1.04 bits per heavy atom. The molecule has 0 spiro atoms. The van der Waals surface area contributed by atoms with Crippen molar-refractivity contribution in [3.63, 3.8) is 0 Å². The maximum atomic E-state index is 7.79. The van der Waals surface area contributed by atoms with Crippen LogP contribution in [-0.2, 0) is 6.42 Å². The van der Waals surface area contributed by atoms with Gasteiger partial charge in [-0.2, -0.15) is 0 Å². The van der Waals surface area contributed by atoms with Gasteiger partial charge in [-0.15, -0.1) is 0 Å². The van der Waals surface area contributed by atoms with Gasteiger partial charge in [-0.05, 0) is 35.1 Å². The Morgan fingerprint density at radius 3 is 2.54 bits per heavy atom. The first kappa shape index (κ1) is 16.3. The molecule has 24 heavy (non-hydrogen) atoms. The van der Waals surface area contributed by atoms with Crippen LogP contribution in [0.1, 0.15) is 36.5 Å². The summed E-state index contributed by atoms with van der Waals surface area (Å²) in [5.74, 6) is 0.432. The summed E-state index contributed by atoms with van der Waals surface area (Å²) in [5, 5.41) is 7.79. The number of benzene rings is 2. The molecule has 0 aliphatic carbocycles. The van der Waals surface area contributed by atoms with Crippen LogP contribution in [0.25, 0.3) is 0 Å². The summed E-state index contributed by atoms with van der Waals surface area (Å²) in [6.07, 6.45) is 10.6. The second-order valence-electron chi connectivity index (χ2n) is 6.46. The monoisotopic (exact) mass is 316 g/mol. The summed E-state index contributed by atoms with van der Waals surface area (Å²) < 4.78 is 0. The van der Waals surface area contributed by atoms with Crippen molar-refractivity contribution >= 4 is 11.9 Å². The molecule has 0 saturated carbocycles. The van der Waals surface area contributed by atoms with Gasteiger partial charge in [-0.25, -0.2) is 0 Å². The van der Waals surface area contributed by atoms with Crippen LogP contribution in [0.15, 0.2) is 73.0 Å². The maximum absolute atomic E-state index is 7.79. The fraction of sp³-hybridized carbons (Fsp3) is 0.227. The number of anilines is 1. The summed E-state index contributed by atoms with van der Waals surface area (Å²) in [4.78, 5) is 2.22. The third kappa shape index (κ3) is 3.33. The summed E-state index contributed by atoms with van der Waals surface area (Å²) in [7, 11) is 0. The molecule has 0 fully saturated rings. The lowest BCUT2D eigenvalue weighted by molar-refractivity contribution is 0.842. The van der Waals surface area contributed by atoms with Gasteiger partial charge in [0.2, 0.25) is 0 Å². The minimum absolute atomic E-state index is 0.0237. The van der Waals surface area contributed by atoms with E-state index in [0.717, 1.165) is 6.42 Å². The van der Waals surface area contributed by atoms with Crippen molar-refractivity contribution in [2.45, 2.75) is 32.2 Å². The number of hydrogen-bond donors (Lipinski definition) is 1. The normalized spacial score (nSPS) is 16.6. The van der Waals surface area contributed by atoms with Gasteiger partial charge in [0.05, 0.1) is 6.04 Å². The third-order valence-corrected chi connectivity index (χ3v) is 4.43. The number of rotatable bonds is 5. The van der Waals surface area contributed by atoms with Crippen LogP contribution in [0.3, 0.4) is 0 Å². The summed E-state index contributed by atoms with van der Waals surface area (Å²) >= 11 is 0. The van der Waals surface area contributed by atoms with Gasteiger partial charge in [0, 0.05) is 18.1 Å². The van der Waals surface area contributed by atoms with E-state index in [0.29, 0.717) is 5.92 Å². The van der Waals surface area contributed by atoms with Crippen LogP contribution in [0, 0.1) is 5.41 Å². The first-order chi connectivity index (χ1) is 11.7. The van der Waals surface area contributed by atoms with E-state index in [1.54, 1.807) is 0 Å². The predicted molar refractivity (Wildman–Crippen MR) is 103 cm³/mol. The summed E-state index contributed by atoms with van der Waals surface area (Å²) in [6, 6.07) is 17.1.